The summed E-state index contributed by atoms with van der Waals surface area (Å²) >= 11 is 2.84. The van der Waals surface area contributed by atoms with Crippen LogP contribution in [0, 0.1) is 0 Å². The lowest BCUT2D eigenvalue weighted by Gasteiger charge is -2.10. The average molecular weight is 377 g/mol. The van der Waals surface area contributed by atoms with Crippen LogP contribution in [-0.4, -0.2) is 33.6 Å². The number of hydrogen-bond donors (Lipinski definition) is 1. The predicted molar refractivity (Wildman–Crippen MR) is 101 cm³/mol. The fourth-order valence-corrected chi connectivity index (χ4v) is 4.46. The van der Waals surface area contributed by atoms with Crippen LogP contribution in [0.15, 0.2) is 39.1 Å². The van der Waals surface area contributed by atoms with Gasteiger partial charge in [-0.2, -0.15) is 0 Å². The highest BCUT2D eigenvalue weighted by Crippen LogP contribution is 2.33. The van der Waals surface area contributed by atoms with Crippen LogP contribution < -0.4 is 15.6 Å². The summed E-state index contributed by atoms with van der Waals surface area (Å²) in [5.41, 5.74) is 1.48. The van der Waals surface area contributed by atoms with Crippen LogP contribution in [0.1, 0.15) is 12.6 Å². The van der Waals surface area contributed by atoms with E-state index >= 15 is 0 Å². The number of nitrogens with one attached hydrogen (secondary N) is 1. The minimum Gasteiger partial charge on any atom is -0.497 e. The van der Waals surface area contributed by atoms with Crippen molar-refractivity contribution in [2.75, 3.05) is 18.2 Å². The first kappa shape index (κ1) is 17.9. The molecule has 2 heterocycles. The number of benzene rings is 1. The molecule has 132 valence electrons. The van der Waals surface area contributed by atoms with E-state index < -0.39 is 0 Å². The molecule has 1 aliphatic rings. The predicted octanol–water partition coefficient (Wildman–Crippen LogP) is 2.56. The standard InChI is InChI=1S/C17H19N3O3S2/c1-10-7-13-15(25-10)16(22)20(2)17(19-13)24-9-14(21)18-11-5-4-6-12(8-11)23-3/h4-6,8,10H,7,9H2,1-3H3,(H,18,21)/t10-/m1/s1. The number of carbonyl (C=O) groups excluding carboxylic acids is 1. The average Bonchev–Trinajstić information content (AvgIpc) is 2.97. The lowest BCUT2D eigenvalue weighted by Crippen LogP contribution is -2.23. The van der Waals surface area contributed by atoms with Crippen molar-refractivity contribution in [1.82, 2.24) is 9.55 Å². The molecule has 8 heteroatoms. The first-order valence-electron chi connectivity index (χ1n) is 7.81. The number of amides is 1. The Hall–Kier alpha value is -1.93. The van der Waals surface area contributed by atoms with Gasteiger partial charge in [-0.3, -0.25) is 14.2 Å². The van der Waals surface area contributed by atoms with E-state index in [1.165, 1.54) is 16.3 Å². The van der Waals surface area contributed by atoms with Crippen molar-refractivity contribution < 1.29 is 9.53 Å². The monoisotopic (exact) mass is 377 g/mol. The zero-order valence-corrected chi connectivity index (χ0v) is 15.9. The van der Waals surface area contributed by atoms with Gasteiger partial charge in [0.05, 0.1) is 23.5 Å². The zero-order valence-electron chi connectivity index (χ0n) is 14.2. The number of rotatable bonds is 5. The molecule has 6 nitrogen and oxygen atoms in total. The minimum absolute atomic E-state index is 0.0324. The van der Waals surface area contributed by atoms with Gasteiger partial charge < -0.3 is 10.1 Å². The van der Waals surface area contributed by atoms with Gasteiger partial charge in [-0.25, -0.2) is 4.98 Å². The third-order valence-electron chi connectivity index (χ3n) is 3.76. The summed E-state index contributed by atoms with van der Waals surface area (Å²) in [7, 11) is 3.28. The number of carbonyl (C=O) groups is 1. The Balaban J connectivity index is 1.67. The second-order valence-corrected chi connectivity index (χ2v) is 8.13. The maximum Gasteiger partial charge on any atom is 0.267 e. The van der Waals surface area contributed by atoms with Crippen LogP contribution in [-0.2, 0) is 18.3 Å². The van der Waals surface area contributed by atoms with Crippen molar-refractivity contribution in [2.24, 2.45) is 7.05 Å². The van der Waals surface area contributed by atoms with Crippen LogP contribution in [0.25, 0.3) is 0 Å². The number of anilines is 1. The summed E-state index contributed by atoms with van der Waals surface area (Å²) in [4.78, 5) is 29.9. The highest BCUT2D eigenvalue weighted by molar-refractivity contribution is 8.00. The summed E-state index contributed by atoms with van der Waals surface area (Å²) in [5, 5.41) is 3.76. The van der Waals surface area contributed by atoms with Gasteiger partial charge in [0.25, 0.3) is 5.56 Å². The number of fused-ring (bicyclic) bond motifs is 1. The van der Waals surface area contributed by atoms with Gasteiger partial charge in [-0.15, -0.1) is 11.8 Å². The number of ether oxygens (including phenoxy) is 1. The molecule has 1 N–H and O–H groups in total. The van der Waals surface area contributed by atoms with E-state index in [1.807, 2.05) is 12.1 Å². The molecule has 1 amide bonds. The fourth-order valence-electron chi connectivity index (χ4n) is 2.53. The molecule has 0 spiro atoms. The second-order valence-electron chi connectivity index (χ2n) is 5.74. The van der Waals surface area contributed by atoms with Crippen LogP contribution in [0.4, 0.5) is 5.69 Å². The Labute approximate surface area is 154 Å². The smallest absolute Gasteiger partial charge is 0.267 e. The van der Waals surface area contributed by atoms with Crippen molar-refractivity contribution in [1.29, 1.82) is 0 Å². The normalized spacial score (nSPS) is 15.7. The largest absolute Gasteiger partial charge is 0.497 e. The Morgan fingerprint density at radius 2 is 2.32 bits per heavy atom. The van der Waals surface area contributed by atoms with Gasteiger partial charge in [-0.05, 0) is 12.1 Å². The molecule has 1 aromatic carbocycles. The van der Waals surface area contributed by atoms with Crippen molar-refractivity contribution in [3.8, 4) is 5.75 Å². The first-order chi connectivity index (χ1) is 12.0. The van der Waals surface area contributed by atoms with E-state index in [4.69, 9.17) is 4.74 Å². The van der Waals surface area contributed by atoms with Crippen molar-refractivity contribution in [3.63, 3.8) is 0 Å². The number of aromatic nitrogens is 2. The highest BCUT2D eigenvalue weighted by atomic mass is 32.2. The molecular formula is C17H19N3O3S2. The molecule has 0 radical (unpaired) electrons. The fraction of sp³-hybridized carbons (Fsp3) is 0.353. The van der Waals surface area contributed by atoms with E-state index in [0.29, 0.717) is 21.8 Å². The summed E-state index contributed by atoms with van der Waals surface area (Å²) in [6, 6.07) is 7.18. The summed E-state index contributed by atoms with van der Waals surface area (Å²) < 4.78 is 6.66. The summed E-state index contributed by atoms with van der Waals surface area (Å²) in [5.74, 6) is 0.703. The second kappa shape index (κ2) is 7.53. The van der Waals surface area contributed by atoms with Crippen LogP contribution in [0.2, 0.25) is 0 Å². The third kappa shape index (κ3) is 4.01. The first-order valence-corrected chi connectivity index (χ1v) is 9.67. The Morgan fingerprint density at radius 3 is 3.08 bits per heavy atom. The Kier molecular flexibility index (Phi) is 5.39. The lowest BCUT2D eigenvalue weighted by atomic mass is 10.2. The van der Waals surface area contributed by atoms with E-state index in [1.54, 1.807) is 38.1 Å². The topological polar surface area (TPSA) is 73.2 Å². The minimum atomic E-state index is -0.157. The molecule has 1 aliphatic heterocycles. The van der Waals surface area contributed by atoms with Crippen LogP contribution >= 0.6 is 23.5 Å². The van der Waals surface area contributed by atoms with Gasteiger partial charge in [-0.1, -0.05) is 24.8 Å². The number of hydrogen-bond acceptors (Lipinski definition) is 6. The molecular weight excluding hydrogens is 358 g/mol. The zero-order chi connectivity index (χ0) is 18.0. The van der Waals surface area contributed by atoms with Crippen LogP contribution in [0.5, 0.6) is 5.75 Å². The molecule has 1 atom stereocenters. The molecule has 0 fully saturated rings. The van der Waals surface area contributed by atoms with Gasteiger partial charge >= 0.3 is 0 Å². The number of thioether (sulfide) groups is 2. The molecule has 0 saturated heterocycles. The number of methoxy groups -OCH3 is 1. The molecule has 2 aromatic rings. The lowest BCUT2D eigenvalue weighted by molar-refractivity contribution is -0.113. The van der Waals surface area contributed by atoms with Crippen molar-refractivity contribution in [2.45, 2.75) is 28.6 Å². The molecule has 0 saturated carbocycles. The SMILES string of the molecule is COc1cccc(NC(=O)CSc2nc3c(c(=O)n2C)S[C@H](C)C3)c1. The maximum atomic E-state index is 12.4. The van der Waals surface area contributed by atoms with Gasteiger partial charge in [0.15, 0.2) is 5.16 Å². The third-order valence-corrected chi connectivity index (χ3v) is 6.01. The number of nitrogens with zero attached hydrogens (tertiary/aromatic N) is 2. The van der Waals surface area contributed by atoms with Crippen molar-refractivity contribution in [3.05, 3.63) is 40.3 Å². The van der Waals surface area contributed by atoms with Gasteiger partial charge in [0.2, 0.25) is 5.91 Å². The van der Waals surface area contributed by atoms with E-state index in [-0.39, 0.29) is 17.2 Å². The van der Waals surface area contributed by atoms with Crippen LogP contribution in [0.3, 0.4) is 0 Å². The maximum absolute atomic E-state index is 12.4. The Bertz CT molecular complexity index is 867. The molecule has 25 heavy (non-hydrogen) atoms. The molecule has 0 unspecified atom stereocenters. The molecule has 0 aliphatic carbocycles. The van der Waals surface area contributed by atoms with Gasteiger partial charge in [0, 0.05) is 30.5 Å². The van der Waals surface area contributed by atoms with Gasteiger partial charge in [0.1, 0.15) is 5.75 Å². The van der Waals surface area contributed by atoms with E-state index in [9.17, 15) is 9.59 Å². The van der Waals surface area contributed by atoms with Crippen molar-refractivity contribution >= 4 is 35.1 Å². The summed E-state index contributed by atoms with van der Waals surface area (Å²) in [6.45, 7) is 2.08. The molecule has 0 bridgehead atoms. The van der Waals surface area contributed by atoms with E-state index in [0.717, 1.165) is 17.0 Å². The summed E-state index contributed by atoms with van der Waals surface area (Å²) in [6.07, 6.45) is 0.791. The molecule has 1 aromatic heterocycles. The Morgan fingerprint density at radius 1 is 1.52 bits per heavy atom. The quantitative estimate of drug-likeness (QED) is 0.638. The van der Waals surface area contributed by atoms with E-state index in [2.05, 4.69) is 17.2 Å². The highest BCUT2D eigenvalue weighted by Gasteiger charge is 2.25. The molecule has 3 rings (SSSR count).